The third-order valence-electron chi connectivity index (χ3n) is 2.67. The number of hydrogen-bond acceptors (Lipinski definition) is 4. The van der Waals surface area contributed by atoms with Gasteiger partial charge in [-0.15, -0.1) is 0 Å². The topological polar surface area (TPSA) is 52.6 Å². The van der Waals surface area contributed by atoms with E-state index in [2.05, 4.69) is 17.9 Å². The summed E-state index contributed by atoms with van der Waals surface area (Å²) in [7, 11) is 1.31. The van der Waals surface area contributed by atoms with Crippen LogP contribution in [0.15, 0.2) is 67.3 Å². The lowest BCUT2D eigenvalue weighted by Crippen LogP contribution is -2.08. The molecule has 0 aliphatic rings. The summed E-state index contributed by atoms with van der Waals surface area (Å²) >= 11 is 0. The van der Waals surface area contributed by atoms with E-state index in [4.69, 9.17) is 4.74 Å². The maximum absolute atomic E-state index is 11.4. The molecular formula is C18H18O4. The fourth-order valence-electron chi connectivity index (χ4n) is 1.56. The largest absolute Gasteiger partial charge is 0.466 e. The van der Waals surface area contributed by atoms with Gasteiger partial charge in [0.05, 0.1) is 7.11 Å². The highest BCUT2D eigenvalue weighted by molar-refractivity contribution is 5.94. The molecule has 0 spiro atoms. The molecule has 0 saturated carbocycles. The SMILES string of the molecule is C=C(C)C(=O)Oc1cccc2ccccc12.C=CC(=O)OC. The molecule has 0 atom stereocenters. The minimum Gasteiger partial charge on any atom is -0.466 e. The number of methoxy groups -OCH3 is 1. The second-order valence-corrected chi connectivity index (χ2v) is 4.37. The molecule has 4 heteroatoms. The summed E-state index contributed by atoms with van der Waals surface area (Å²) in [5, 5.41) is 1.98. The minimum absolute atomic E-state index is 0.392. The van der Waals surface area contributed by atoms with Gasteiger partial charge in [-0.25, -0.2) is 9.59 Å². The zero-order valence-corrected chi connectivity index (χ0v) is 12.7. The first-order chi connectivity index (χ1) is 10.5. The molecule has 0 aliphatic carbocycles. The van der Waals surface area contributed by atoms with Gasteiger partial charge in [-0.05, 0) is 18.4 Å². The van der Waals surface area contributed by atoms with E-state index in [9.17, 15) is 9.59 Å². The van der Waals surface area contributed by atoms with E-state index in [1.165, 1.54) is 7.11 Å². The fraction of sp³-hybridized carbons (Fsp3) is 0.111. The van der Waals surface area contributed by atoms with Crippen molar-refractivity contribution in [3.8, 4) is 5.75 Å². The molecule has 22 heavy (non-hydrogen) atoms. The van der Waals surface area contributed by atoms with Crippen LogP contribution in [0.3, 0.4) is 0 Å². The Morgan fingerprint density at radius 3 is 2.27 bits per heavy atom. The zero-order chi connectivity index (χ0) is 16.5. The molecule has 0 amide bonds. The first kappa shape index (κ1) is 17.2. The van der Waals surface area contributed by atoms with E-state index in [1.807, 2.05) is 36.4 Å². The third-order valence-corrected chi connectivity index (χ3v) is 2.67. The van der Waals surface area contributed by atoms with Crippen molar-refractivity contribution in [3.63, 3.8) is 0 Å². The highest BCUT2D eigenvalue weighted by Crippen LogP contribution is 2.25. The van der Waals surface area contributed by atoms with E-state index >= 15 is 0 Å². The molecular weight excluding hydrogens is 280 g/mol. The highest BCUT2D eigenvalue weighted by atomic mass is 16.5. The lowest BCUT2D eigenvalue weighted by atomic mass is 10.1. The number of esters is 2. The van der Waals surface area contributed by atoms with Crippen molar-refractivity contribution in [1.82, 2.24) is 0 Å². The molecule has 0 aliphatic heterocycles. The molecule has 0 saturated heterocycles. The van der Waals surface area contributed by atoms with Gasteiger partial charge >= 0.3 is 11.9 Å². The molecule has 114 valence electrons. The highest BCUT2D eigenvalue weighted by Gasteiger charge is 2.07. The lowest BCUT2D eigenvalue weighted by molar-refractivity contribution is -0.134. The van der Waals surface area contributed by atoms with Gasteiger partial charge in [-0.3, -0.25) is 0 Å². The van der Waals surface area contributed by atoms with Crippen LogP contribution in [0.4, 0.5) is 0 Å². The summed E-state index contributed by atoms with van der Waals surface area (Å²) in [6.45, 7) is 8.35. The van der Waals surface area contributed by atoms with Gasteiger partial charge in [0.25, 0.3) is 0 Å². The summed E-state index contributed by atoms with van der Waals surface area (Å²) < 4.78 is 9.39. The van der Waals surface area contributed by atoms with Gasteiger partial charge < -0.3 is 9.47 Å². The molecule has 0 fully saturated rings. The van der Waals surface area contributed by atoms with E-state index in [-0.39, 0.29) is 0 Å². The molecule has 0 bridgehead atoms. The monoisotopic (exact) mass is 298 g/mol. The van der Waals surface area contributed by atoms with Gasteiger partial charge in [0.15, 0.2) is 0 Å². The smallest absolute Gasteiger partial charge is 0.338 e. The summed E-state index contributed by atoms with van der Waals surface area (Å²) in [5.41, 5.74) is 0.396. The molecule has 2 aromatic carbocycles. The van der Waals surface area contributed by atoms with Crippen LogP contribution in [0.1, 0.15) is 6.92 Å². The van der Waals surface area contributed by atoms with Crippen LogP contribution in [0.2, 0.25) is 0 Å². The average molecular weight is 298 g/mol. The summed E-state index contributed by atoms with van der Waals surface area (Å²) in [4.78, 5) is 21.3. The maximum atomic E-state index is 11.4. The summed E-state index contributed by atoms with van der Waals surface area (Å²) in [6, 6.07) is 13.4. The Balaban J connectivity index is 0.000000346. The van der Waals surface area contributed by atoms with Crippen molar-refractivity contribution in [2.24, 2.45) is 0 Å². The first-order valence-corrected chi connectivity index (χ1v) is 6.55. The van der Waals surface area contributed by atoms with Crippen molar-refractivity contribution < 1.29 is 19.1 Å². The molecule has 2 rings (SSSR count). The zero-order valence-electron chi connectivity index (χ0n) is 12.7. The number of hydrogen-bond donors (Lipinski definition) is 0. The molecule has 2 aromatic rings. The van der Waals surface area contributed by atoms with Gasteiger partial charge in [-0.1, -0.05) is 49.6 Å². The Morgan fingerprint density at radius 1 is 1.09 bits per heavy atom. The first-order valence-electron chi connectivity index (χ1n) is 6.55. The molecule has 0 heterocycles. The normalized spacial score (nSPS) is 9.18. The number of ether oxygens (including phenoxy) is 2. The van der Waals surface area contributed by atoms with Crippen LogP contribution in [-0.4, -0.2) is 19.0 Å². The maximum Gasteiger partial charge on any atom is 0.338 e. The van der Waals surface area contributed by atoms with Crippen LogP contribution >= 0.6 is 0 Å². The Morgan fingerprint density at radius 2 is 1.73 bits per heavy atom. The number of benzene rings is 2. The second-order valence-electron chi connectivity index (χ2n) is 4.37. The molecule has 0 N–H and O–H groups in total. The van der Waals surface area contributed by atoms with Crippen LogP contribution in [0.25, 0.3) is 10.8 Å². The van der Waals surface area contributed by atoms with Crippen molar-refractivity contribution in [1.29, 1.82) is 0 Å². The van der Waals surface area contributed by atoms with Gasteiger partial charge in [0, 0.05) is 17.0 Å². The van der Waals surface area contributed by atoms with Crippen molar-refractivity contribution in [3.05, 3.63) is 67.3 Å². The van der Waals surface area contributed by atoms with Gasteiger partial charge in [0.2, 0.25) is 0 Å². The average Bonchev–Trinajstić information content (AvgIpc) is 2.55. The van der Waals surface area contributed by atoms with E-state index in [0.717, 1.165) is 16.8 Å². The van der Waals surface area contributed by atoms with Crippen molar-refractivity contribution in [2.45, 2.75) is 6.92 Å². The van der Waals surface area contributed by atoms with E-state index in [1.54, 1.807) is 13.0 Å². The Labute approximate surface area is 129 Å². The van der Waals surface area contributed by atoms with Crippen molar-refractivity contribution >= 4 is 22.7 Å². The van der Waals surface area contributed by atoms with Gasteiger partial charge in [-0.2, -0.15) is 0 Å². The van der Waals surface area contributed by atoms with Gasteiger partial charge in [0.1, 0.15) is 5.75 Å². The third kappa shape index (κ3) is 4.90. The molecule has 0 unspecified atom stereocenters. The predicted molar refractivity (Wildman–Crippen MR) is 86.6 cm³/mol. The predicted octanol–water partition coefficient (Wildman–Crippen LogP) is 3.67. The van der Waals surface area contributed by atoms with Crippen LogP contribution in [-0.2, 0) is 14.3 Å². The molecule has 4 nitrogen and oxygen atoms in total. The van der Waals surface area contributed by atoms with Crippen LogP contribution in [0, 0.1) is 0 Å². The Kier molecular flexibility index (Phi) is 6.57. The number of fused-ring (bicyclic) bond motifs is 1. The number of carbonyl (C=O) groups is 2. The van der Waals surface area contributed by atoms with E-state index in [0.29, 0.717) is 11.3 Å². The summed E-state index contributed by atoms with van der Waals surface area (Å²) in [5.74, 6) is -0.211. The molecule has 0 aromatic heterocycles. The molecule has 0 radical (unpaired) electrons. The second kappa shape index (κ2) is 8.42. The Hall–Kier alpha value is -2.88. The Bertz CT molecular complexity index is 696. The standard InChI is InChI=1S/C14H12O2.C4H6O2/c1-10(2)14(15)16-13-9-5-7-11-6-3-4-8-12(11)13;1-3-4(5)6-2/h3-9H,1H2,2H3;3H,1H2,2H3. The van der Waals surface area contributed by atoms with Crippen LogP contribution in [0.5, 0.6) is 5.75 Å². The number of rotatable bonds is 3. The van der Waals surface area contributed by atoms with E-state index < -0.39 is 11.9 Å². The number of carbonyl (C=O) groups excluding carboxylic acids is 2. The van der Waals surface area contributed by atoms with Crippen molar-refractivity contribution in [2.75, 3.05) is 7.11 Å². The quantitative estimate of drug-likeness (QED) is 0.493. The lowest BCUT2D eigenvalue weighted by Gasteiger charge is -2.06. The minimum atomic E-state index is -0.394. The summed E-state index contributed by atoms with van der Waals surface area (Å²) in [6.07, 6.45) is 1.11. The fourth-order valence-corrected chi connectivity index (χ4v) is 1.56. The van der Waals surface area contributed by atoms with Crippen LogP contribution < -0.4 is 4.74 Å².